The van der Waals surface area contributed by atoms with Crippen LogP contribution in [-0.2, 0) is 11.3 Å². The highest BCUT2D eigenvalue weighted by Gasteiger charge is 2.13. The molecule has 132 valence electrons. The van der Waals surface area contributed by atoms with Crippen LogP contribution in [0.4, 0.5) is 10.1 Å². The second-order valence-corrected chi connectivity index (χ2v) is 5.84. The molecule has 0 spiro atoms. The summed E-state index contributed by atoms with van der Waals surface area (Å²) in [6.07, 6.45) is 3.12. The van der Waals surface area contributed by atoms with Crippen molar-refractivity contribution in [1.29, 1.82) is 0 Å². The lowest BCUT2D eigenvalue weighted by Crippen LogP contribution is -2.14. The second kappa shape index (κ2) is 8.37. The number of benzene rings is 1. The number of rotatable bonds is 6. The molecule has 1 aromatic carbocycles. The molecule has 25 heavy (non-hydrogen) atoms. The molecular weight excluding hydrogens is 321 g/mol. The minimum atomic E-state index is -0.564. The van der Waals surface area contributed by atoms with Gasteiger partial charge in [0, 0.05) is 25.4 Å². The van der Waals surface area contributed by atoms with Gasteiger partial charge in [0.25, 0.3) is 0 Å². The summed E-state index contributed by atoms with van der Waals surface area (Å²) >= 11 is 0. The molecule has 0 aliphatic carbocycles. The summed E-state index contributed by atoms with van der Waals surface area (Å²) in [7, 11) is 1.95. The van der Waals surface area contributed by atoms with E-state index in [-0.39, 0.29) is 6.61 Å². The first-order valence-electron chi connectivity index (χ1n) is 8.04. The SMILES string of the molecule is CCN(C)C=Nc1cc(C)c(C(=O)OCc2ccc(F)nc2)cc1C. The molecule has 0 bridgehead atoms. The van der Waals surface area contributed by atoms with Gasteiger partial charge in [0.05, 0.1) is 17.6 Å². The summed E-state index contributed by atoms with van der Waals surface area (Å²) in [4.78, 5) is 22.3. The number of aliphatic imine (C=N–C) groups is 1. The van der Waals surface area contributed by atoms with Crippen molar-refractivity contribution < 1.29 is 13.9 Å². The summed E-state index contributed by atoms with van der Waals surface area (Å²) in [6.45, 7) is 6.70. The summed E-state index contributed by atoms with van der Waals surface area (Å²) in [5.41, 5.74) is 3.63. The Bertz CT molecular complexity index is 773. The smallest absolute Gasteiger partial charge is 0.338 e. The molecule has 0 radical (unpaired) electrons. The zero-order valence-electron chi connectivity index (χ0n) is 14.9. The molecule has 1 aromatic heterocycles. The van der Waals surface area contributed by atoms with Crippen LogP contribution in [0, 0.1) is 19.8 Å². The van der Waals surface area contributed by atoms with Crippen LogP contribution in [0.2, 0.25) is 0 Å². The zero-order valence-corrected chi connectivity index (χ0v) is 14.9. The van der Waals surface area contributed by atoms with Crippen molar-refractivity contribution >= 4 is 18.0 Å². The van der Waals surface area contributed by atoms with Crippen molar-refractivity contribution in [3.8, 4) is 0 Å². The molecule has 0 amide bonds. The number of hydrogen-bond acceptors (Lipinski definition) is 4. The van der Waals surface area contributed by atoms with Crippen LogP contribution in [0.1, 0.15) is 34.0 Å². The molecule has 0 N–H and O–H groups in total. The third-order valence-electron chi connectivity index (χ3n) is 3.81. The number of esters is 1. The lowest BCUT2D eigenvalue weighted by atomic mass is 10.0. The van der Waals surface area contributed by atoms with Gasteiger partial charge in [-0.25, -0.2) is 14.8 Å². The third kappa shape index (κ3) is 5.11. The van der Waals surface area contributed by atoms with Gasteiger partial charge in [0.1, 0.15) is 6.61 Å². The van der Waals surface area contributed by atoms with E-state index in [2.05, 4.69) is 9.98 Å². The number of nitrogens with zero attached hydrogens (tertiary/aromatic N) is 3. The molecule has 6 heteroatoms. The fourth-order valence-electron chi connectivity index (χ4n) is 2.12. The fourth-order valence-corrected chi connectivity index (χ4v) is 2.12. The minimum absolute atomic E-state index is 0.0474. The number of hydrogen-bond donors (Lipinski definition) is 0. The quantitative estimate of drug-likeness (QED) is 0.346. The van der Waals surface area contributed by atoms with E-state index in [1.807, 2.05) is 38.8 Å². The van der Waals surface area contributed by atoms with Crippen molar-refractivity contribution in [3.63, 3.8) is 0 Å². The fraction of sp³-hybridized carbons (Fsp3) is 0.316. The predicted molar refractivity (Wildman–Crippen MR) is 95.7 cm³/mol. The normalized spacial score (nSPS) is 10.9. The number of aromatic nitrogens is 1. The van der Waals surface area contributed by atoms with Gasteiger partial charge in [-0.2, -0.15) is 4.39 Å². The van der Waals surface area contributed by atoms with Gasteiger partial charge in [-0.1, -0.05) is 0 Å². The van der Waals surface area contributed by atoms with Crippen molar-refractivity contribution in [2.45, 2.75) is 27.4 Å². The highest BCUT2D eigenvalue weighted by atomic mass is 19.1. The molecule has 1 heterocycles. The molecule has 0 aliphatic heterocycles. The number of carbonyl (C=O) groups excluding carboxylic acids is 1. The maximum Gasteiger partial charge on any atom is 0.338 e. The van der Waals surface area contributed by atoms with E-state index < -0.39 is 11.9 Å². The Morgan fingerprint density at radius 3 is 2.72 bits per heavy atom. The molecule has 0 unspecified atom stereocenters. The lowest BCUT2D eigenvalue weighted by molar-refractivity contribution is 0.0471. The highest BCUT2D eigenvalue weighted by Crippen LogP contribution is 2.24. The van der Waals surface area contributed by atoms with Crippen molar-refractivity contribution in [3.05, 3.63) is 58.7 Å². The van der Waals surface area contributed by atoms with Crippen molar-refractivity contribution in [2.75, 3.05) is 13.6 Å². The van der Waals surface area contributed by atoms with Gasteiger partial charge in [-0.05, 0) is 56.2 Å². The van der Waals surface area contributed by atoms with Gasteiger partial charge >= 0.3 is 5.97 Å². The van der Waals surface area contributed by atoms with Crippen molar-refractivity contribution in [1.82, 2.24) is 9.88 Å². The van der Waals surface area contributed by atoms with E-state index in [1.165, 1.54) is 18.3 Å². The van der Waals surface area contributed by atoms with Gasteiger partial charge in [0.15, 0.2) is 0 Å². The van der Waals surface area contributed by atoms with E-state index >= 15 is 0 Å². The van der Waals surface area contributed by atoms with Gasteiger partial charge in [-0.15, -0.1) is 0 Å². The largest absolute Gasteiger partial charge is 0.457 e. The first-order chi connectivity index (χ1) is 11.9. The Morgan fingerprint density at radius 2 is 2.08 bits per heavy atom. The Balaban J connectivity index is 2.10. The van der Waals surface area contributed by atoms with Gasteiger partial charge in [0.2, 0.25) is 5.95 Å². The summed E-state index contributed by atoms with van der Waals surface area (Å²) < 4.78 is 18.1. The highest BCUT2D eigenvalue weighted by molar-refractivity contribution is 5.92. The molecule has 0 atom stereocenters. The predicted octanol–water partition coefficient (Wildman–Crippen LogP) is 3.81. The van der Waals surface area contributed by atoms with Crippen LogP contribution < -0.4 is 0 Å². The summed E-state index contributed by atoms with van der Waals surface area (Å²) in [5.74, 6) is -0.988. The third-order valence-corrected chi connectivity index (χ3v) is 3.81. The Hall–Kier alpha value is -2.76. The topological polar surface area (TPSA) is 54.8 Å². The molecule has 0 saturated carbocycles. The molecule has 0 aliphatic rings. The number of ether oxygens (including phenoxy) is 1. The van der Waals surface area contributed by atoms with Crippen LogP contribution in [0.15, 0.2) is 35.5 Å². The van der Waals surface area contributed by atoms with E-state index in [4.69, 9.17) is 4.74 Å². The number of pyridine rings is 1. The van der Waals surface area contributed by atoms with Crippen LogP contribution >= 0.6 is 0 Å². The van der Waals surface area contributed by atoms with Crippen LogP contribution in [0.25, 0.3) is 0 Å². The van der Waals surface area contributed by atoms with Crippen LogP contribution in [0.5, 0.6) is 0 Å². The molecule has 0 fully saturated rings. The first kappa shape index (κ1) is 18.6. The Morgan fingerprint density at radius 1 is 1.32 bits per heavy atom. The standard InChI is InChI=1S/C19H22FN3O2/c1-5-23(4)12-22-17-9-13(2)16(8-14(17)3)19(24)25-11-15-6-7-18(20)21-10-15/h6-10,12H,5,11H2,1-4H3. The second-order valence-electron chi connectivity index (χ2n) is 5.84. The Labute approximate surface area is 147 Å². The maximum absolute atomic E-state index is 12.8. The molecule has 2 aromatic rings. The van der Waals surface area contributed by atoms with E-state index in [0.29, 0.717) is 11.1 Å². The van der Waals surface area contributed by atoms with Gasteiger partial charge in [-0.3, -0.25) is 0 Å². The number of aryl methyl sites for hydroxylation is 2. The van der Waals surface area contributed by atoms with E-state index in [0.717, 1.165) is 23.4 Å². The van der Waals surface area contributed by atoms with Crippen LogP contribution in [0.3, 0.4) is 0 Å². The molecular formula is C19H22FN3O2. The lowest BCUT2D eigenvalue weighted by Gasteiger charge is -2.12. The monoisotopic (exact) mass is 343 g/mol. The Kier molecular flexibility index (Phi) is 6.22. The van der Waals surface area contributed by atoms with E-state index in [9.17, 15) is 9.18 Å². The number of carbonyl (C=O) groups is 1. The average molecular weight is 343 g/mol. The van der Waals surface area contributed by atoms with Gasteiger partial charge < -0.3 is 9.64 Å². The van der Waals surface area contributed by atoms with E-state index in [1.54, 1.807) is 12.4 Å². The van der Waals surface area contributed by atoms with Crippen LogP contribution in [-0.4, -0.2) is 35.8 Å². The molecule has 5 nitrogen and oxygen atoms in total. The maximum atomic E-state index is 12.8. The zero-order chi connectivity index (χ0) is 18.4. The summed E-state index contributed by atoms with van der Waals surface area (Å²) in [5, 5.41) is 0. The minimum Gasteiger partial charge on any atom is -0.457 e. The molecule has 2 rings (SSSR count). The summed E-state index contributed by atoms with van der Waals surface area (Å²) in [6, 6.07) is 6.42. The first-order valence-corrected chi connectivity index (χ1v) is 8.04. The number of halogens is 1. The molecule has 0 saturated heterocycles. The van der Waals surface area contributed by atoms with Crippen molar-refractivity contribution in [2.24, 2.45) is 4.99 Å². The average Bonchev–Trinajstić information content (AvgIpc) is 2.61.